The fourth-order valence-corrected chi connectivity index (χ4v) is 1.61. The average molecular weight is 259 g/mol. The number of nitrogens with zero attached hydrogens (tertiary/aromatic N) is 2. The average Bonchev–Trinajstić information content (AvgIpc) is 2.36. The fourth-order valence-electron chi connectivity index (χ4n) is 1.61. The van der Waals surface area contributed by atoms with Crippen LogP contribution in [0.5, 0.6) is 0 Å². The van der Waals surface area contributed by atoms with Crippen molar-refractivity contribution >= 4 is 28.3 Å². The van der Waals surface area contributed by atoms with Gasteiger partial charge in [-0.2, -0.15) is 0 Å². The number of anilines is 2. The summed E-state index contributed by atoms with van der Waals surface area (Å²) in [5.41, 5.74) is 11.9. The Hall–Kier alpha value is -2.37. The molecular weight excluding hydrogens is 242 g/mol. The molecule has 6 nitrogen and oxygen atoms in total. The number of nitrogens with two attached hydrogens (primary N) is 2. The standard InChI is InChI=1S/C13H17N5O/c1-13(2,12(15)19)6-16-11-9-5-8(14)3-4-10(9)17-7-18-11/h3-5,7H,6,14H2,1-2H3,(H2,15,19)(H,16,17,18). The molecule has 2 rings (SSSR count). The van der Waals surface area contributed by atoms with E-state index in [-0.39, 0.29) is 5.91 Å². The molecule has 0 aliphatic rings. The maximum absolute atomic E-state index is 11.3. The summed E-state index contributed by atoms with van der Waals surface area (Å²) in [7, 11) is 0. The molecule has 0 saturated carbocycles. The molecule has 1 aromatic heterocycles. The van der Waals surface area contributed by atoms with E-state index in [1.807, 2.05) is 6.07 Å². The van der Waals surface area contributed by atoms with Crippen LogP contribution >= 0.6 is 0 Å². The van der Waals surface area contributed by atoms with Crippen LogP contribution in [0.1, 0.15) is 13.8 Å². The third kappa shape index (κ3) is 2.73. The van der Waals surface area contributed by atoms with E-state index in [0.717, 1.165) is 10.9 Å². The van der Waals surface area contributed by atoms with Gasteiger partial charge in [0.15, 0.2) is 0 Å². The van der Waals surface area contributed by atoms with E-state index < -0.39 is 5.41 Å². The summed E-state index contributed by atoms with van der Waals surface area (Å²) in [4.78, 5) is 19.6. The Labute approximate surface area is 111 Å². The Bertz CT molecular complexity index is 623. The summed E-state index contributed by atoms with van der Waals surface area (Å²) >= 11 is 0. The molecule has 0 fully saturated rings. The molecule has 2 aromatic rings. The minimum Gasteiger partial charge on any atom is -0.399 e. The fraction of sp³-hybridized carbons (Fsp3) is 0.308. The lowest BCUT2D eigenvalue weighted by atomic mass is 9.93. The molecule has 100 valence electrons. The molecule has 6 heteroatoms. The summed E-state index contributed by atoms with van der Waals surface area (Å²) in [6, 6.07) is 5.41. The molecule has 19 heavy (non-hydrogen) atoms. The molecule has 1 heterocycles. The van der Waals surface area contributed by atoms with Crippen LogP contribution in [0.25, 0.3) is 10.9 Å². The number of nitrogen functional groups attached to an aromatic ring is 1. The van der Waals surface area contributed by atoms with Gasteiger partial charge in [-0.3, -0.25) is 4.79 Å². The first-order valence-electron chi connectivity index (χ1n) is 5.94. The summed E-state index contributed by atoms with van der Waals surface area (Å²) in [6.07, 6.45) is 1.47. The zero-order valence-electron chi connectivity index (χ0n) is 11.0. The first kappa shape index (κ1) is 13.1. The molecule has 1 aromatic carbocycles. The highest BCUT2D eigenvalue weighted by atomic mass is 16.1. The van der Waals surface area contributed by atoms with Crippen molar-refractivity contribution in [3.8, 4) is 0 Å². The highest BCUT2D eigenvalue weighted by Gasteiger charge is 2.24. The van der Waals surface area contributed by atoms with E-state index in [1.165, 1.54) is 6.33 Å². The largest absolute Gasteiger partial charge is 0.399 e. The number of carbonyl (C=O) groups is 1. The van der Waals surface area contributed by atoms with E-state index in [4.69, 9.17) is 11.5 Å². The molecule has 0 aliphatic heterocycles. The summed E-state index contributed by atoms with van der Waals surface area (Å²) < 4.78 is 0. The molecule has 1 amide bonds. The van der Waals surface area contributed by atoms with Gasteiger partial charge in [-0.1, -0.05) is 0 Å². The van der Waals surface area contributed by atoms with Crippen LogP contribution in [0.3, 0.4) is 0 Å². The first-order chi connectivity index (χ1) is 8.90. The molecule has 0 aliphatic carbocycles. The Balaban J connectivity index is 2.31. The van der Waals surface area contributed by atoms with Crippen LogP contribution in [0.4, 0.5) is 11.5 Å². The van der Waals surface area contributed by atoms with E-state index >= 15 is 0 Å². The van der Waals surface area contributed by atoms with Crippen molar-refractivity contribution < 1.29 is 4.79 Å². The normalized spacial score (nSPS) is 11.5. The number of amides is 1. The number of nitrogens with one attached hydrogen (secondary N) is 1. The minimum atomic E-state index is -0.655. The Kier molecular flexibility index (Phi) is 3.25. The van der Waals surface area contributed by atoms with Crippen molar-refractivity contribution in [1.82, 2.24) is 9.97 Å². The van der Waals surface area contributed by atoms with Gasteiger partial charge in [-0.25, -0.2) is 9.97 Å². The molecule has 0 atom stereocenters. The zero-order chi connectivity index (χ0) is 14.0. The number of aromatic nitrogens is 2. The lowest BCUT2D eigenvalue weighted by molar-refractivity contribution is -0.125. The third-order valence-corrected chi connectivity index (χ3v) is 3.02. The van der Waals surface area contributed by atoms with Crippen molar-refractivity contribution in [2.24, 2.45) is 11.1 Å². The molecule has 0 spiro atoms. The van der Waals surface area contributed by atoms with Gasteiger partial charge in [0.2, 0.25) is 5.91 Å². The van der Waals surface area contributed by atoms with Crippen molar-refractivity contribution in [2.75, 3.05) is 17.6 Å². The van der Waals surface area contributed by atoms with Crippen LogP contribution in [0, 0.1) is 5.41 Å². The molecule has 0 unspecified atom stereocenters. The van der Waals surface area contributed by atoms with Crippen molar-refractivity contribution in [2.45, 2.75) is 13.8 Å². The Morgan fingerprint density at radius 1 is 1.37 bits per heavy atom. The second kappa shape index (κ2) is 4.72. The molecular formula is C13H17N5O. The number of hydrogen-bond donors (Lipinski definition) is 3. The van der Waals surface area contributed by atoms with Crippen molar-refractivity contribution in [3.63, 3.8) is 0 Å². The van der Waals surface area contributed by atoms with Crippen LogP contribution in [-0.2, 0) is 4.79 Å². The summed E-state index contributed by atoms with van der Waals surface area (Å²) in [5, 5.41) is 3.95. The third-order valence-electron chi connectivity index (χ3n) is 3.02. The zero-order valence-corrected chi connectivity index (χ0v) is 11.0. The van der Waals surface area contributed by atoms with Crippen LogP contribution < -0.4 is 16.8 Å². The Morgan fingerprint density at radius 2 is 2.11 bits per heavy atom. The lowest BCUT2D eigenvalue weighted by Gasteiger charge is -2.21. The van der Waals surface area contributed by atoms with E-state index in [9.17, 15) is 4.79 Å². The molecule has 5 N–H and O–H groups in total. The predicted octanol–water partition coefficient (Wildman–Crippen LogP) is 1.14. The van der Waals surface area contributed by atoms with E-state index in [1.54, 1.807) is 26.0 Å². The van der Waals surface area contributed by atoms with Crippen LogP contribution in [0.15, 0.2) is 24.5 Å². The topological polar surface area (TPSA) is 107 Å². The van der Waals surface area contributed by atoms with Gasteiger partial charge >= 0.3 is 0 Å². The van der Waals surface area contributed by atoms with Crippen molar-refractivity contribution in [3.05, 3.63) is 24.5 Å². The van der Waals surface area contributed by atoms with Crippen molar-refractivity contribution in [1.29, 1.82) is 0 Å². The highest BCUT2D eigenvalue weighted by molar-refractivity contribution is 5.91. The smallest absolute Gasteiger partial charge is 0.224 e. The molecule has 0 bridgehead atoms. The lowest BCUT2D eigenvalue weighted by Crippen LogP contribution is -2.37. The van der Waals surface area contributed by atoms with Crippen LogP contribution in [0.2, 0.25) is 0 Å². The minimum absolute atomic E-state index is 0.363. The van der Waals surface area contributed by atoms with Gasteiger partial charge in [0.25, 0.3) is 0 Å². The van der Waals surface area contributed by atoms with Crippen LogP contribution in [-0.4, -0.2) is 22.4 Å². The number of fused-ring (bicyclic) bond motifs is 1. The summed E-state index contributed by atoms with van der Waals surface area (Å²) in [6.45, 7) is 3.95. The number of hydrogen-bond acceptors (Lipinski definition) is 5. The van der Waals surface area contributed by atoms with E-state index in [0.29, 0.717) is 18.1 Å². The molecule has 0 saturated heterocycles. The number of rotatable bonds is 4. The van der Waals surface area contributed by atoms with Gasteiger partial charge in [-0.15, -0.1) is 0 Å². The van der Waals surface area contributed by atoms with E-state index in [2.05, 4.69) is 15.3 Å². The molecule has 0 radical (unpaired) electrons. The highest BCUT2D eigenvalue weighted by Crippen LogP contribution is 2.23. The number of benzene rings is 1. The Morgan fingerprint density at radius 3 is 2.79 bits per heavy atom. The SMILES string of the molecule is CC(C)(CNc1ncnc2ccc(N)cc12)C(N)=O. The monoisotopic (exact) mass is 259 g/mol. The predicted molar refractivity (Wildman–Crippen MR) is 75.4 cm³/mol. The number of primary amides is 1. The maximum atomic E-state index is 11.3. The van der Waals surface area contributed by atoms with Gasteiger partial charge < -0.3 is 16.8 Å². The number of carbonyl (C=O) groups excluding carboxylic acids is 1. The van der Waals surface area contributed by atoms with Gasteiger partial charge in [0.05, 0.1) is 10.9 Å². The van der Waals surface area contributed by atoms with Gasteiger partial charge in [0.1, 0.15) is 12.1 Å². The second-order valence-electron chi connectivity index (χ2n) is 5.10. The van der Waals surface area contributed by atoms with Gasteiger partial charge in [-0.05, 0) is 32.0 Å². The summed E-state index contributed by atoms with van der Waals surface area (Å²) in [5.74, 6) is 0.282. The second-order valence-corrected chi connectivity index (χ2v) is 5.10. The maximum Gasteiger partial charge on any atom is 0.224 e. The quantitative estimate of drug-likeness (QED) is 0.714. The first-order valence-corrected chi connectivity index (χ1v) is 5.94. The van der Waals surface area contributed by atoms with Gasteiger partial charge in [0, 0.05) is 17.6 Å².